The number of β-amino-alcohol motifs (C(OH)–C–C–N with tert-alkyl or cyclic N) is 2. The molecule has 2 rings (SSSR count). The Morgan fingerprint density at radius 2 is 2.00 bits per heavy atom. The van der Waals surface area contributed by atoms with Crippen LogP contribution < -0.4 is 4.74 Å². The zero-order valence-electron chi connectivity index (χ0n) is 11.2. The maximum absolute atomic E-state index is 12.1. The lowest BCUT2D eigenvalue weighted by molar-refractivity contribution is -0.129. The number of aryl methyl sites for hydroxylation is 1. The monoisotopic (exact) mass is 265 g/mol. The Morgan fingerprint density at radius 1 is 1.37 bits per heavy atom. The van der Waals surface area contributed by atoms with Crippen LogP contribution in [0.2, 0.25) is 0 Å². The maximum Gasteiger partial charge on any atom is 0.227 e. The lowest BCUT2D eigenvalue weighted by Gasteiger charge is -2.15. The molecule has 1 aromatic carbocycles. The van der Waals surface area contributed by atoms with Gasteiger partial charge in [-0.2, -0.15) is 0 Å². The first-order valence-electron chi connectivity index (χ1n) is 6.28. The third-order valence-corrected chi connectivity index (χ3v) is 3.44. The Labute approximate surface area is 112 Å². The third kappa shape index (κ3) is 3.05. The largest absolute Gasteiger partial charge is 0.496 e. The number of benzene rings is 1. The molecular weight excluding hydrogens is 246 g/mol. The van der Waals surface area contributed by atoms with E-state index >= 15 is 0 Å². The summed E-state index contributed by atoms with van der Waals surface area (Å²) in [5.74, 6) is 0.660. The molecule has 19 heavy (non-hydrogen) atoms. The molecule has 1 aromatic rings. The fourth-order valence-electron chi connectivity index (χ4n) is 2.23. The Bertz CT molecular complexity index is 465. The molecule has 1 amide bonds. The summed E-state index contributed by atoms with van der Waals surface area (Å²) in [6.45, 7) is 2.34. The number of likely N-dealkylation sites (tertiary alicyclic amines) is 1. The van der Waals surface area contributed by atoms with E-state index in [9.17, 15) is 15.0 Å². The molecule has 2 N–H and O–H groups in total. The minimum atomic E-state index is -0.837. The number of carbonyl (C=O) groups excluding carboxylic acids is 1. The molecule has 1 saturated heterocycles. The smallest absolute Gasteiger partial charge is 0.227 e. The van der Waals surface area contributed by atoms with Gasteiger partial charge in [-0.3, -0.25) is 4.79 Å². The Kier molecular flexibility index (Phi) is 4.07. The fourth-order valence-corrected chi connectivity index (χ4v) is 2.23. The second kappa shape index (κ2) is 5.59. The Hall–Kier alpha value is -1.59. The van der Waals surface area contributed by atoms with E-state index in [2.05, 4.69) is 0 Å². The molecule has 104 valence electrons. The molecule has 5 nitrogen and oxygen atoms in total. The lowest BCUT2D eigenvalue weighted by atomic mass is 10.1. The zero-order valence-corrected chi connectivity index (χ0v) is 11.2. The quantitative estimate of drug-likeness (QED) is 0.814. The van der Waals surface area contributed by atoms with Gasteiger partial charge in [-0.1, -0.05) is 12.1 Å². The lowest BCUT2D eigenvalue weighted by Crippen LogP contribution is -2.31. The summed E-state index contributed by atoms with van der Waals surface area (Å²) in [6, 6.07) is 5.64. The molecular formula is C14H19NO4. The van der Waals surface area contributed by atoms with Gasteiger partial charge < -0.3 is 19.8 Å². The van der Waals surface area contributed by atoms with Gasteiger partial charge in [-0.25, -0.2) is 0 Å². The number of hydrogen-bond acceptors (Lipinski definition) is 4. The van der Waals surface area contributed by atoms with E-state index in [0.717, 1.165) is 16.9 Å². The van der Waals surface area contributed by atoms with E-state index in [4.69, 9.17) is 4.74 Å². The zero-order chi connectivity index (χ0) is 14.0. The SMILES string of the molecule is COc1cc(CC(=O)N2C[C@@H](O)[C@@H](O)C2)ccc1C. The molecule has 1 fully saturated rings. The Morgan fingerprint density at radius 3 is 2.58 bits per heavy atom. The average Bonchev–Trinajstić information content (AvgIpc) is 2.72. The molecule has 1 aliphatic heterocycles. The van der Waals surface area contributed by atoms with E-state index in [-0.39, 0.29) is 25.4 Å². The highest BCUT2D eigenvalue weighted by atomic mass is 16.5. The van der Waals surface area contributed by atoms with Crippen LogP contribution >= 0.6 is 0 Å². The summed E-state index contributed by atoms with van der Waals surface area (Å²) < 4.78 is 5.22. The normalized spacial score (nSPS) is 22.6. The summed E-state index contributed by atoms with van der Waals surface area (Å²) >= 11 is 0. The number of aliphatic hydroxyl groups is 2. The van der Waals surface area contributed by atoms with Crippen LogP contribution in [0.1, 0.15) is 11.1 Å². The van der Waals surface area contributed by atoms with Crippen molar-refractivity contribution in [3.05, 3.63) is 29.3 Å². The van der Waals surface area contributed by atoms with Crippen molar-refractivity contribution >= 4 is 5.91 Å². The van der Waals surface area contributed by atoms with Gasteiger partial charge >= 0.3 is 0 Å². The number of aliphatic hydroxyl groups excluding tert-OH is 2. The summed E-state index contributed by atoms with van der Waals surface area (Å²) in [5.41, 5.74) is 1.88. The number of rotatable bonds is 3. The molecule has 0 unspecified atom stereocenters. The van der Waals surface area contributed by atoms with Gasteiger partial charge in [0.1, 0.15) is 5.75 Å². The molecule has 1 heterocycles. The highest BCUT2D eigenvalue weighted by Gasteiger charge is 2.32. The molecule has 0 aromatic heterocycles. The van der Waals surface area contributed by atoms with Crippen molar-refractivity contribution in [2.45, 2.75) is 25.6 Å². The number of amides is 1. The van der Waals surface area contributed by atoms with Crippen LogP contribution in [0.3, 0.4) is 0 Å². The number of carbonyl (C=O) groups is 1. The van der Waals surface area contributed by atoms with Crippen molar-refractivity contribution in [3.63, 3.8) is 0 Å². The first kappa shape index (κ1) is 13.8. The number of ether oxygens (including phenoxy) is 1. The summed E-state index contributed by atoms with van der Waals surface area (Å²) in [6.07, 6.45) is -1.43. The van der Waals surface area contributed by atoms with Crippen molar-refractivity contribution < 1.29 is 19.7 Å². The van der Waals surface area contributed by atoms with Crippen LogP contribution in [0.5, 0.6) is 5.75 Å². The van der Waals surface area contributed by atoms with Crippen LogP contribution in [0.25, 0.3) is 0 Å². The van der Waals surface area contributed by atoms with Gasteiger partial charge in [0.05, 0.1) is 25.7 Å². The van der Waals surface area contributed by atoms with E-state index in [1.54, 1.807) is 7.11 Å². The standard InChI is InChI=1S/C14H19NO4/c1-9-3-4-10(5-13(9)19-2)6-14(18)15-7-11(16)12(17)8-15/h3-5,11-12,16-17H,6-8H2,1-2H3/t11-,12+. The predicted octanol–water partition coefficient (Wildman–Crippen LogP) is 0.110. The first-order valence-corrected chi connectivity index (χ1v) is 6.28. The molecule has 2 atom stereocenters. The number of hydrogen-bond donors (Lipinski definition) is 2. The number of nitrogens with zero attached hydrogens (tertiary/aromatic N) is 1. The topological polar surface area (TPSA) is 70.0 Å². The van der Waals surface area contributed by atoms with Crippen LogP contribution in [-0.4, -0.2) is 53.4 Å². The van der Waals surface area contributed by atoms with Crippen LogP contribution in [0.4, 0.5) is 0 Å². The molecule has 0 spiro atoms. The predicted molar refractivity (Wildman–Crippen MR) is 70.0 cm³/mol. The van der Waals surface area contributed by atoms with Gasteiger partial charge in [-0.15, -0.1) is 0 Å². The van der Waals surface area contributed by atoms with E-state index in [0.29, 0.717) is 0 Å². The van der Waals surface area contributed by atoms with Gasteiger partial charge in [0.25, 0.3) is 0 Å². The highest BCUT2D eigenvalue weighted by molar-refractivity contribution is 5.79. The van der Waals surface area contributed by atoms with Crippen molar-refractivity contribution in [1.82, 2.24) is 4.90 Å². The second-order valence-corrected chi connectivity index (χ2v) is 4.91. The summed E-state index contributed by atoms with van der Waals surface area (Å²) in [5, 5.41) is 18.9. The van der Waals surface area contributed by atoms with Crippen molar-refractivity contribution in [1.29, 1.82) is 0 Å². The molecule has 0 aliphatic carbocycles. The molecule has 5 heteroatoms. The van der Waals surface area contributed by atoms with Gasteiger partial charge in [0.15, 0.2) is 0 Å². The van der Waals surface area contributed by atoms with E-state index < -0.39 is 12.2 Å². The van der Waals surface area contributed by atoms with Crippen LogP contribution in [0.15, 0.2) is 18.2 Å². The van der Waals surface area contributed by atoms with Crippen LogP contribution in [-0.2, 0) is 11.2 Å². The molecule has 0 radical (unpaired) electrons. The minimum Gasteiger partial charge on any atom is -0.496 e. The number of methoxy groups -OCH3 is 1. The second-order valence-electron chi connectivity index (χ2n) is 4.91. The van der Waals surface area contributed by atoms with Gasteiger partial charge in [-0.05, 0) is 24.1 Å². The van der Waals surface area contributed by atoms with Gasteiger partial charge in [0, 0.05) is 13.1 Å². The van der Waals surface area contributed by atoms with Gasteiger partial charge in [0.2, 0.25) is 5.91 Å². The first-order chi connectivity index (χ1) is 9.01. The van der Waals surface area contributed by atoms with E-state index in [1.165, 1.54) is 4.90 Å². The van der Waals surface area contributed by atoms with Crippen molar-refractivity contribution in [3.8, 4) is 5.75 Å². The summed E-state index contributed by atoms with van der Waals surface area (Å²) in [4.78, 5) is 13.5. The molecule has 1 aliphatic rings. The van der Waals surface area contributed by atoms with E-state index in [1.807, 2.05) is 25.1 Å². The molecule has 0 saturated carbocycles. The average molecular weight is 265 g/mol. The summed E-state index contributed by atoms with van der Waals surface area (Å²) in [7, 11) is 1.60. The fraction of sp³-hybridized carbons (Fsp3) is 0.500. The van der Waals surface area contributed by atoms with Crippen LogP contribution in [0, 0.1) is 6.92 Å². The third-order valence-electron chi connectivity index (χ3n) is 3.44. The Balaban J connectivity index is 2.03. The molecule has 0 bridgehead atoms. The maximum atomic E-state index is 12.1. The highest BCUT2D eigenvalue weighted by Crippen LogP contribution is 2.20. The van der Waals surface area contributed by atoms with Crippen molar-refractivity contribution in [2.24, 2.45) is 0 Å². The van der Waals surface area contributed by atoms with Crippen molar-refractivity contribution in [2.75, 3.05) is 20.2 Å². The minimum absolute atomic E-state index is 0.0958.